The fourth-order valence-electron chi connectivity index (χ4n) is 1.86. The van der Waals surface area contributed by atoms with Crippen LogP contribution in [0.1, 0.15) is 17.3 Å². The molecule has 5 nitrogen and oxygen atoms in total. The molecule has 0 aliphatic heterocycles. The molecule has 0 heterocycles. The van der Waals surface area contributed by atoms with Gasteiger partial charge >= 0.3 is 5.97 Å². The van der Waals surface area contributed by atoms with E-state index in [0.29, 0.717) is 21.5 Å². The number of ether oxygens (including phenoxy) is 2. The number of amides is 1. The van der Waals surface area contributed by atoms with Crippen LogP contribution in [0.2, 0.25) is 10.0 Å². The van der Waals surface area contributed by atoms with E-state index in [1.165, 1.54) is 26.2 Å². The van der Waals surface area contributed by atoms with Crippen molar-refractivity contribution in [1.29, 1.82) is 0 Å². The van der Waals surface area contributed by atoms with Crippen molar-refractivity contribution in [3.05, 3.63) is 58.1 Å². The Morgan fingerprint density at radius 3 is 2.58 bits per heavy atom. The number of hydrogen-bond donors (Lipinski definition) is 1. The van der Waals surface area contributed by atoms with Crippen molar-refractivity contribution in [2.45, 2.75) is 13.0 Å². The number of rotatable bonds is 5. The zero-order chi connectivity index (χ0) is 17.7. The summed E-state index contributed by atoms with van der Waals surface area (Å²) in [4.78, 5) is 24.2. The Kier molecular flexibility index (Phi) is 6.06. The van der Waals surface area contributed by atoms with Gasteiger partial charge in [-0.25, -0.2) is 4.79 Å². The van der Waals surface area contributed by atoms with Gasteiger partial charge in [-0.2, -0.15) is 0 Å². The minimum absolute atomic E-state index is 0.287. The van der Waals surface area contributed by atoms with Gasteiger partial charge < -0.3 is 14.8 Å². The SMILES string of the molecule is COc1cccc(C(=O)OC(C)C(=O)Nc2cc(Cl)ccc2Cl)c1. The van der Waals surface area contributed by atoms with Crippen LogP contribution >= 0.6 is 23.2 Å². The summed E-state index contributed by atoms with van der Waals surface area (Å²) in [5, 5.41) is 3.33. The molecule has 0 saturated carbocycles. The van der Waals surface area contributed by atoms with Crippen LogP contribution in [0.25, 0.3) is 0 Å². The molecule has 2 aromatic rings. The van der Waals surface area contributed by atoms with Crippen LogP contribution in [-0.4, -0.2) is 25.1 Å². The Morgan fingerprint density at radius 1 is 1.12 bits per heavy atom. The molecule has 0 aliphatic carbocycles. The quantitative estimate of drug-likeness (QED) is 0.804. The lowest BCUT2D eigenvalue weighted by Gasteiger charge is -2.14. The zero-order valence-electron chi connectivity index (χ0n) is 13.0. The third-order valence-electron chi connectivity index (χ3n) is 3.14. The van der Waals surface area contributed by atoms with E-state index in [1.54, 1.807) is 30.3 Å². The Hall–Kier alpha value is -2.24. The van der Waals surface area contributed by atoms with E-state index in [-0.39, 0.29) is 5.56 Å². The number of halogens is 2. The lowest BCUT2D eigenvalue weighted by molar-refractivity contribution is -0.123. The monoisotopic (exact) mass is 367 g/mol. The molecular formula is C17H15Cl2NO4. The lowest BCUT2D eigenvalue weighted by atomic mass is 10.2. The van der Waals surface area contributed by atoms with Crippen LogP contribution in [0, 0.1) is 0 Å². The molecule has 0 saturated heterocycles. The number of hydrogen-bond acceptors (Lipinski definition) is 4. The van der Waals surface area contributed by atoms with Gasteiger partial charge in [-0.15, -0.1) is 0 Å². The van der Waals surface area contributed by atoms with Crippen LogP contribution in [0.3, 0.4) is 0 Å². The maximum absolute atomic E-state index is 12.2. The van der Waals surface area contributed by atoms with E-state index in [1.807, 2.05) is 0 Å². The molecule has 2 rings (SSSR count). The first kappa shape index (κ1) is 18.1. The molecule has 0 spiro atoms. The average Bonchev–Trinajstić information content (AvgIpc) is 2.58. The van der Waals surface area contributed by atoms with Gasteiger partial charge in [-0.3, -0.25) is 4.79 Å². The normalized spacial score (nSPS) is 11.5. The highest BCUT2D eigenvalue weighted by Gasteiger charge is 2.20. The molecule has 1 N–H and O–H groups in total. The number of anilines is 1. The van der Waals surface area contributed by atoms with Gasteiger partial charge in [0, 0.05) is 5.02 Å². The molecular weight excluding hydrogens is 353 g/mol. The molecule has 0 aliphatic rings. The van der Waals surface area contributed by atoms with Gasteiger partial charge in [0.15, 0.2) is 6.10 Å². The first-order chi connectivity index (χ1) is 11.4. The Labute approximate surface area is 149 Å². The van der Waals surface area contributed by atoms with Gasteiger partial charge in [0.2, 0.25) is 0 Å². The molecule has 1 amide bonds. The largest absolute Gasteiger partial charge is 0.497 e. The molecule has 1 unspecified atom stereocenters. The van der Waals surface area contributed by atoms with Crippen molar-refractivity contribution in [1.82, 2.24) is 0 Å². The summed E-state index contributed by atoms with van der Waals surface area (Å²) in [6.07, 6.45) is -1.02. The summed E-state index contributed by atoms with van der Waals surface area (Å²) in [7, 11) is 1.50. The second-order valence-corrected chi connectivity index (χ2v) is 5.74. The Balaban J connectivity index is 2.02. The van der Waals surface area contributed by atoms with Crippen molar-refractivity contribution < 1.29 is 19.1 Å². The van der Waals surface area contributed by atoms with Crippen molar-refractivity contribution in [2.75, 3.05) is 12.4 Å². The van der Waals surface area contributed by atoms with E-state index in [0.717, 1.165) is 0 Å². The van der Waals surface area contributed by atoms with Crippen LogP contribution < -0.4 is 10.1 Å². The predicted octanol–water partition coefficient (Wildman–Crippen LogP) is 4.19. The first-order valence-electron chi connectivity index (χ1n) is 7.01. The molecule has 126 valence electrons. The van der Waals surface area contributed by atoms with E-state index >= 15 is 0 Å². The summed E-state index contributed by atoms with van der Waals surface area (Å²) in [6.45, 7) is 1.46. The molecule has 2 aromatic carbocycles. The van der Waals surface area contributed by atoms with Crippen molar-refractivity contribution in [2.24, 2.45) is 0 Å². The summed E-state index contributed by atoms with van der Waals surface area (Å²) < 4.78 is 10.2. The lowest BCUT2D eigenvalue weighted by Crippen LogP contribution is -2.30. The van der Waals surface area contributed by atoms with Crippen molar-refractivity contribution >= 4 is 40.8 Å². The van der Waals surface area contributed by atoms with Gasteiger partial charge in [0.1, 0.15) is 5.75 Å². The third kappa shape index (κ3) is 4.63. The maximum Gasteiger partial charge on any atom is 0.339 e. The number of carbonyl (C=O) groups is 2. The summed E-state index contributed by atoms with van der Waals surface area (Å²) in [5.74, 6) is -0.628. The van der Waals surface area contributed by atoms with Gasteiger partial charge in [-0.1, -0.05) is 29.3 Å². The van der Waals surface area contributed by atoms with Crippen LogP contribution in [0.4, 0.5) is 5.69 Å². The minimum atomic E-state index is -1.02. The van der Waals surface area contributed by atoms with Gasteiger partial charge in [-0.05, 0) is 43.3 Å². The number of benzene rings is 2. The molecule has 0 fully saturated rings. The first-order valence-corrected chi connectivity index (χ1v) is 7.77. The second kappa shape index (κ2) is 8.04. The molecule has 1 atom stereocenters. The third-order valence-corrected chi connectivity index (χ3v) is 3.71. The predicted molar refractivity (Wildman–Crippen MR) is 93.0 cm³/mol. The van der Waals surface area contributed by atoms with E-state index in [9.17, 15) is 9.59 Å². The zero-order valence-corrected chi connectivity index (χ0v) is 14.5. The smallest absolute Gasteiger partial charge is 0.339 e. The van der Waals surface area contributed by atoms with E-state index in [2.05, 4.69) is 5.32 Å². The van der Waals surface area contributed by atoms with Gasteiger partial charge in [0.25, 0.3) is 5.91 Å². The van der Waals surface area contributed by atoms with Crippen LogP contribution in [-0.2, 0) is 9.53 Å². The number of nitrogens with one attached hydrogen (secondary N) is 1. The maximum atomic E-state index is 12.2. The topological polar surface area (TPSA) is 64.6 Å². The van der Waals surface area contributed by atoms with E-state index < -0.39 is 18.0 Å². The summed E-state index contributed by atoms with van der Waals surface area (Å²) in [5.41, 5.74) is 0.633. The fourth-order valence-corrected chi connectivity index (χ4v) is 2.20. The van der Waals surface area contributed by atoms with Crippen molar-refractivity contribution in [3.63, 3.8) is 0 Å². The summed E-state index contributed by atoms with van der Waals surface area (Å²) in [6, 6.07) is 11.1. The highest BCUT2D eigenvalue weighted by Crippen LogP contribution is 2.25. The minimum Gasteiger partial charge on any atom is -0.497 e. The van der Waals surface area contributed by atoms with Gasteiger partial charge in [0.05, 0.1) is 23.4 Å². The second-order valence-electron chi connectivity index (χ2n) is 4.89. The summed E-state index contributed by atoms with van der Waals surface area (Å²) >= 11 is 11.9. The number of esters is 1. The van der Waals surface area contributed by atoms with Crippen molar-refractivity contribution in [3.8, 4) is 5.75 Å². The highest BCUT2D eigenvalue weighted by molar-refractivity contribution is 6.35. The highest BCUT2D eigenvalue weighted by atomic mass is 35.5. The van der Waals surface area contributed by atoms with Crippen LogP contribution in [0.5, 0.6) is 5.75 Å². The molecule has 7 heteroatoms. The molecule has 0 aromatic heterocycles. The standard InChI is InChI=1S/C17H15Cl2NO4/c1-10(16(21)20-15-9-12(18)6-7-14(15)19)24-17(22)11-4-3-5-13(8-11)23-2/h3-10H,1-2H3,(H,20,21). The molecule has 0 bridgehead atoms. The number of methoxy groups -OCH3 is 1. The Bertz CT molecular complexity index is 764. The number of carbonyl (C=O) groups excluding carboxylic acids is 2. The molecule has 0 radical (unpaired) electrons. The van der Waals surface area contributed by atoms with Crippen LogP contribution in [0.15, 0.2) is 42.5 Å². The Morgan fingerprint density at radius 2 is 1.88 bits per heavy atom. The molecule has 24 heavy (non-hydrogen) atoms. The fraction of sp³-hybridized carbons (Fsp3) is 0.176. The van der Waals surface area contributed by atoms with E-state index in [4.69, 9.17) is 32.7 Å². The average molecular weight is 368 g/mol.